The van der Waals surface area contributed by atoms with Gasteiger partial charge in [0.1, 0.15) is 0 Å². The Kier molecular flexibility index (Phi) is 3.71. The highest BCUT2D eigenvalue weighted by atomic mass is 32.2. The standard InChI is InChI=1S/C10H16N2O2S/c1-8(2)15(13,14)12-10-6-4-3-5-9(10)7-11/h3-6,8,12H,7,11H2,1-2H3. The molecule has 0 bridgehead atoms. The number of nitrogens with two attached hydrogens (primary N) is 1. The molecule has 0 spiro atoms. The van der Waals surface area contributed by atoms with Crippen LogP contribution < -0.4 is 10.5 Å². The summed E-state index contributed by atoms with van der Waals surface area (Å²) in [4.78, 5) is 0. The Morgan fingerprint density at radius 2 is 1.93 bits per heavy atom. The van der Waals surface area contributed by atoms with E-state index in [1.165, 1.54) is 0 Å². The summed E-state index contributed by atoms with van der Waals surface area (Å²) < 4.78 is 25.8. The number of rotatable bonds is 4. The van der Waals surface area contributed by atoms with Crippen LogP contribution in [0.4, 0.5) is 5.69 Å². The summed E-state index contributed by atoms with van der Waals surface area (Å²) in [5.41, 5.74) is 6.87. The average molecular weight is 228 g/mol. The van der Waals surface area contributed by atoms with Crippen LogP contribution in [0.25, 0.3) is 0 Å². The molecular formula is C10H16N2O2S. The highest BCUT2D eigenvalue weighted by Crippen LogP contribution is 2.17. The van der Waals surface area contributed by atoms with E-state index >= 15 is 0 Å². The molecule has 0 aromatic heterocycles. The van der Waals surface area contributed by atoms with Gasteiger partial charge in [-0.1, -0.05) is 18.2 Å². The van der Waals surface area contributed by atoms with Crippen LogP contribution in [0.2, 0.25) is 0 Å². The summed E-state index contributed by atoms with van der Waals surface area (Å²) in [5, 5.41) is -0.455. The van der Waals surface area contributed by atoms with E-state index in [0.717, 1.165) is 5.56 Å². The van der Waals surface area contributed by atoms with Crippen LogP contribution in [0.15, 0.2) is 24.3 Å². The van der Waals surface area contributed by atoms with Gasteiger partial charge in [-0.15, -0.1) is 0 Å². The second-order valence-electron chi connectivity index (χ2n) is 3.56. The molecule has 0 aliphatic carbocycles. The number of para-hydroxylation sites is 1. The van der Waals surface area contributed by atoms with Crippen molar-refractivity contribution in [3.8, 4) is 0 Å². The van der Waals surface area contributed by atoms with Crippen molar-refractivity contribution in [3.63, 3.8) is 0 Å². The molecule has 0 atom stereocenters. The predicted octanol–water partition coefficient (Wildman–Crippen LogP) is 1.30. The van der Waals surface area contributed by atoms with Gasteiger partial charge in [0.2, 0.25) is 10.0 Å². The quantitative estimate of drug-likeness (QED) is 0.815. The fourth-order valence-corrected chi connectivity index (χ4v) is 1.81. The van der Waals surface area contributed by atoms with Crippen LogP contribution in [-0.4, -0.2) is 13.7 Å². The Morgan fingerprint density at radius 1 is 1.33 bits per heavy atom. The SMILES string of the molecule is CC(C)S(=O)(=O)Nc1ccccc1CN. The molecule has 4 nitrogen and oxygen atoms in total. The maximum absolute atomic E-state index is 11.6. The van der Waals surface area contributed by atoms with Gasteiger partial charge in [-0.25, -0.2) is 8.42 Å². The van der Waals surface area contributed by atoms with E-state index in [2.05, 4.69) is 4.72 Å². The van der Waals surface area contributed by atoms with Gasteiger partial charge in [0.05, 0.1) is 10.9 Å². The van der Waals surface area contributed by atoms with Gasteiger partial charge in [-0.3, -0.25) is 4.72 Å². The largest absolute Gasteiger partial charge is 0.326 e. The first-order chi connectivity index (χ1) is 6.97. The van der Waals surface area contributed by atoms with Gasteiger partial charge < -0.3 is 5.73 Å². The van der Waals surface area contributed by atoms with Crippen LogP contribution in [-0.2, 0) is 16.6 Å². The van der Waals surface area contributed by atoms with Crippen molar-refractivity contribution in [2.75, 3.05) is 4.72 Å². The maximum Gasteiger partial charge on any atom is 0.235 e. The summed E-state index contributed by atoms with van der Waals surface area (Å²) >= 11 is 0. The van der Waals surface area contributed by atoms with Crippen molar-refractivity contribution in [1.29, 1.82) is 0 Å². The Morgan fingerprint density at radius 3 is 2.47 bits per heavy atom. The molecule has 1 aromatic carbocycles. The Balaban J connectivity index is 3.00. The summed E-state index contributed by atoms with van der Waals surface area (Å²) in [6.45, 7) is 3.58. The number of benzene rings is 1. The van der Waals surface area contributed by atoms with Crippen LogP contribution >= 0.6 is 0 Å². The van der Waals surface area contributed by atoms with Crippen molar-refractivity contribution >= 4 is 15.7 Å². The molecule has 0 heterocycles. The first-order valence-corrected chi connectivity index (χ1v) is 6.31. The number of hydrogen-bond acceptors (Lipinski definition) is 3. The van der Waals surface area contributed by atoms with Crippen molar-refractivity contribution in [2.45, 2.75) is 25.6 Å². The first kappa shape index (κ1) is 12.0. The lowest BCUT2D eigenvalue weighted by atomic mass is 10.2. The van der Waals surface area contributed by atoms with E-state index in [0.29, 0.717) is 12.2 Å². The fourth-order valence-electron chi connectivity index (χ4n) is 1.07. The molecule has 1 aromatic rings. The topological polar surface area (TPSA) is 72.2 Å². The molecule has 1 rings (SSSR count). The minimum absolute atomic E-state index is 0.316. The maximum atomic E-state index is 11.6. The van der Waals surface area contributed by atoms with Gasteiger partial charge in [0.15, 0.2) is 0 Å². The molecule has 0 saturated carbocycles. The minimum Gasteiger partial charge on any atom is -0.326 e. The van der Waals surface area contributed by atoms with E-state index in [1.54, 1.807) is 32.0 Å². The molecule has 0 unspecified atom stereocenters. The van der Waals surface area contributed by atoms with Crippen molar-refractivity contribution in [1.82, 2.24) is 0 Å². The summed E-state index contributed by atoms with van der Waals surface area (Å²) in [6, 6.07) is 7.12. The number of sulfonamides is 1. The van der Waals surface area contributed by atoms with Gasteiger partial charge in [0.25, 0.3) is 0 Å². The van der Waals surface area contributed by atoms with E-state index in [9.17, 15) is 8.42 Å². The van der Waals surface area contributed by atoms with E-state index in [4.69, 9.17) is 5.73 Å². The first-order valence-electron chi connectivity index (χ1n) is 4.77. The number of nitrogens with one attached hydrogen (secondary N) is 1. The predicted molar refractivity (Wildman–Crippen MR) is 62.0 cm³/mol. The van der Waals surface area contributed by atoms with Gasteiger partial charge in [-0.2, -0.15) is 0 Å². The fraction of sp³-hybridized carbons (Fsp3) is 0.400. The average Bonchev–Trinajstić information content (AvgIpc) is 2.18. The molecule has 5 heteroatoms. The third-order valence-corrected chi connectivity index (χ3v) is 3.86. The lowest BCUT2D eigenvalue weighted by molar-refractivity contribution is 0.592. The van der Waals surface area contributed by atoms with Crippen molar-refractivity contribution in [2.24, 2.45) is 5.73 Å². The number of hydrogen-bond donors (Lipinski definition) is 2. The molecule has 15 heavy (non-hydrogen) atoms. The zero-order valence-electron chi connectivity index (χ0n) is 8.90. The molecule has 3 N–H and O–H groups in total. The second-order valence-corrected chi connectivity index (χ2v) is 5.79. The number of anilines is 1. The molecular weight excluding hydrogens is 212 g/mol. The molecule has 0 amide bonds. The smallest absolute Gasteiger partial charge is 0.235 e. The second kappa shape index (κ2) is 4.63. The van der Waals surface area contributed by atoms with Crippen molar-refractivity contribution < 1.29 is 8.42 Å². The summed E-state index contributed by atoms with van der Waals surface area (Å²) in [7, 11) is -3.29. The van der Waals surface area contributed by atoms with Gasteiger partial charge in [-0.05, 0) is 25.5 Å². The normalized spacial score (nSPS) is 11.7. The molecule has 0 aliphatic rings. The van der Waals surface area contributed by atoms with Gasteiger partial charge >= 0.3 is 0 Å². The highest BCUT2D eigenvalue weighted by molar-refractivity contribution is 7.93. The van der Waals surface area contributed by atoms with Crippen LogP contribution in [0, 0.1) is 0 Å². The van der Waals surface area contributed by atoms with E-state index < -0.39 is 15.3 Å². The minimum atomic E-state index is -3.29. The van der Waals surface area contributed by atoms with Crippen LogP contribution in [0.1, 0.15) is 19.4 Å². The van der Waals surface area contributed by atoms with Gasteiger partial charge in [0, 0.05) is 6.54 Å². The van der Waals surface area contributed by atoms with Crippen molar-refractivity contribution in [3.05, 3.63) is 29.8 Å². The zero-order chi connectivity index (χ0) is 11.5. The molecule has 0 fully saturated rings. The third kappa shape index (κ3) is 2.94. The van der Waals surface area contributed by atoms with E-state index in [1.807, 2.05) is 6.07 Å². The zero-order valence-corrected chi connectivity index (χ0v) is 9.71. The van der Waals surface area contributed by atoms with Crippen LogP contribution in [0.3, 0.4) is 0 Å². The summed E-state index contributed by atoms with van der Waals surface area (Å²) in [6.07, 6.45) is 0. The Bertz CT molecular complexity index is 427. The van der Waals surface area contributed by atoms with Crippen LogP contribution in [0.5, 0.6) is 0 Å². The summed E-state index contributed by atoms with van der Waals surface area (Å²) in [5.74, 6) is 0. The lowest BCUT2D eigenvalue weighted by Crippen LogP contribution is -2.23. The monoisotopic (exact) mass is 228 g/mol. The third-order valence-electron chi connectivity index (χ3n) is 2.11. The Labute approximate surface area is 90.5 Å². The molecule has 84 valence electrons. The van der Waals surface area contributed by atoms with E-state index in [-0.39, 0.29) is 0 Å². The molecule has 0 aliphatic heterocycles. The molecule has 0 saturated heterocycles. The highest BCUT2D eigenvalue weighted by Gasteiger charge is 2.16. The Hall–Kier alpha value is -1.07. The lowest BCUT2D eigenvalue weighted by Gasteiger charge is -2.13. The molecule has 0 radical (unpaired) electrons.